The van der Waals surface area contributed by atoms with Crippen LogP contribution in [0.15, 0.2) is 35.1 Å². The second-order valence-corrected chi connectivity index (χ2v) is 8.64. The lowest BCUT2D eigenvalue weighted by atomic mass is 10.1. The Morgan fingerprint density at radius 3 is 2.77 bits per heavy atom. The van der Waals surface area contributed by atoms with E-state index in [1.54, 1.807) is 24.4 Å². The van der Waals surface area contributed by atoms with Crippen molar-refractivity contribution < 1.29 is 18.0 Å². The van der Waals surface area contributed by atoms with E-state index >= 15 is 0 Å². The zero-order chi connectivity index (χ0) is 25.8. The average molecular weight is 530 g/mol. The molecule has 3 heterocycles. The van der Waals surface area contributed by atoms with Gasteiger partial charge in [0, 0.05) is 43.5 Å². The molecule has 0 spiro atoms. The van der Waals surface area contributed by atoms with Gasteiger partial charge in [-0.3, -0.25) is 14.3 Å². The number of rotatable bonds is 6. The van der Waals surface area contributed by atoms with Crippen molar-refractivity contribution >= 4 is 58.1 Å². The third kappa shape index (κ3) is 6.29. The van der Waals surface area contributed by atoms with E-state index in [1.165, 1.54) is 9.25 Å². The van der Waals surface area contributed by atoms with Gasteiger partial charge in [0.05, 0.1) is 10.4 Å². The number of carbonyl (C=O) groups is 1. The Morgan fingerprint density at radius 2 is 2.11 bits per heavy atom. The van der Waals surface area contributed by atoms with Gasteiger partial charge in [0.25, 0.3) is 11.5 Å². The highest BCUT2D eigenvalue weighted by Crippen LogP contribution is 2.27. The standard InChI is InChI=1S/C14H14ClF3N2OS.C7H9N5O/c1-2-10-8-9-4-3-5-11(15)12(9)13(21)20(10)7-6-19-22-14(16,17)18;8-5-4(6(9)13)7-10-2-1-3-12(7)11-5/h3-5,8,19H,2,6-7H2,1H3;1,3,10H,2H2,(H2,8,11)(H2,9,13). The molecule has 1 aliphatic heterocycles. The topological polar surface area (TPSA) is 133 Å². The molecule has 1 amide bonds. The number of aromatic nitrogens is 3. The van der Waals surface area contributed by atoms with Crippen LogP contribution in [0.5, 0.6) is 0 Å². The number of pyridine rings is 1. The molecule has 3 aromatic rings. The zero-order valence-electron chi connectivity index (χ0n) is 18.5. The van der Waals surface area contributed by atoms with E-state index < -0.39 is 11.4 Å². The van der Waals surface area contributed by atoms with Crippen LogP contribution < -0.4 is 27.1 Å². The van der Waals surface area contributed by atoms with Gasteiger partial charge >= 0.3 is 5.51 Å². The summed E-state index contributed by atoms with van der Waals surface area (Å²) < 4.78 is 41.4. The van der Waals surface area contributed by atoms with Crippen LogP contribution in [0.4, 0.5) is 24.8 Å². The van der Waals surface area contributed by atoms with Crippen molar-refractivity contribution in [2.75, 3.05) is 24.1 Å². The van der Waals surface area contributed by atoms with E-state index in [2.05, 4.69) is 15.1 Å². The van der Waals surface area contributed by atoms with E-state index in [-0.39, 0.29) is 42.0 Å². The Morgan fingerprint density at radius 1 is 1.37 bits per heavy atom. The van der Waals surface area contributed by atoms with Gasteiger partial charge in [-0.15, -0.1) is 5.10 Å². The van der Waals surface area contributed by atoms with Crippen molar-refractivity contribution in [3.05, 3.63) is 57.0 Å². The number of hydrogen-bond acceptors (Lipinski definition) is 7. The number of amides is 1. The second kappa shape index (κ2) is 11.1. The number of hydrogen-bond donors (Lipinski definition) is 4. The van der Waals surface area contributed by atoms with Gasteiger partial charge in [-0.05, 0) is 30.0 Å². The van der Waals surface area contributed by atoms with Gasteiger partial charge in [-0.25, -0.2) is 4.68 Å². The van der Waals surface area contributed by atoms with E-state index in [1.807, 2.05) is 19.1 Å². The Hall–Kier alpha value is -3.16. The molecular formula is C21H23ClF3N7O2S. The number of anilines is 2. The summed E-state index contributed by atoms with van der Waals surface area (Å²) in [5, 5.41) is 8.36. The zero-order valence-corrected chi connectivity index (χ0v) is 20.1. The first kappa shape index (κ1) is 26.4. The molecular weight excluding hydrogens is 507 g/mol. The fourth-order valence-electron chi connectivity index (χ4n) is 3.52. The van der Waals surface area contributed by atoms with Gasteiger partial charge in [0.2, 0.25) is 0 Å². The minimum atomic E-state index is -4.34. The normalized spacial score (nSPS) is 12.6. The van der Waals surface area contributed by atoms with Crippen molar-refractivity contribution in [2.45, 2.75) is 25.4 Å². The largest absolute Gasteiger partial charge is 0.456 e. The molecule has 4 rings (SSSR count). The molecule has 188 valence electrons. The fraction of sp³-hybridized carbons (Fsp3) is 0.286. The average Bonchev–Trinajstić information content (AvgIpc) is 3.13. The van der Waals surface area contributed by atoms with Crippen LogP contribution in [-0.4, -0.2) is 38.9 Å². The Bertz CT molecular complexity index is 1320. The number of nitrogens with one attached hydrogen (secondary N) is 2. The monoisotopic (exact) mass is 529 g/mol. The number of aryl methyl sites for hydroxylation is 1. The van der Waals surface area contributed by atoms with Crippen molar-refractivity contribution in [3.63, 3.8) is 0 Å². The van der Waals surface area contributed by atoms with E-state index in [0.29, 0.717) is 29.2 Å². The van der Waals surface area contributed by atoms with Crippen LogP contribution in [0.1, 0.15) is 23.0 Å². The summed E-state index contributed by atoms with van der Waals surface area (Å²) in [5.74, 6) is 0.149. The minimum Gasteiger partial charge on any atom is -0.381 e. The number of primary amides is 1. The summed E-state index contributed by atoms with van der Waals surface area (Å²) in [5.41, 5.74) is 7.06. The molecule has 0 unspecified atom stereocenters. The number of benzene rings is 1. The lowest BCUT2D eigenvalue weighted by Crippen LogP contribution is -2.28. The highest BCUT2D eigenvalue weighted by Gasteiger charge is 2.28. The molecule has 6 N–H and O–H groups in total. The van der Waals surface area contributed by atoms with Gasteiger partial charge in [0.1, 0.15) is 11.4 Å². The maximum Gasteiger partial charge on any atom is 0.456 e. The first-order chi connectivity index (χ1) is 16.5. The van der Waals surface area contributed by atoms with Crippen LogP contribution in [-0.2, 0) is 13.0 Å². The number of fused-ring (bicyclic) bond motifs is 2. The lowest BCUT2D eigenvalue weighted by Gasteiger charge is -2.14. The molecule has 0 aliphatic carbocycles. The van der Waals surface area contributed by atoms with Crippen molar-refractivity contribution in [3.8, 4) is 0 Å². The molecule has 14 heteroatoms. The first-order valence-electron chi connectivity index (χ1n) is 10.4. The predicted octanol–water partition coefficient (Wildman–Crippen LogP) is 3.44. The summed E-state index contributed by atoms with van der Waals surface area (Å²) in [6, 6.07) is 7.03. The highest BCUT2D eigenvalue weighted by atomic mass is 35.5. The Labute approximate surface area is 207 Å². The predicted molar refractivity (Wildman–Crippen MR) is 133 cm³/mol. The fourth-order valence-corrected chi connectivity index (χ4v) is 4.14. The van der Waals surface area contributed by atoms with E-state index in [0.717, 1.165) is 11.1 Å². The SMILES string of the molecule is CCc1cc2cccc(Cl)c2c(=O)n1CCNSC(F)(F)F.NC(=O)c1c(N)nn2c1NCC=C2. The van der Waals surface area contributed by atoms with Crippen LogP contribution >= 0.6 is 23.5 Å². The molecule has 0 saturated carbocycles. The van der Waals surface area contributed by atoms with Crippen LogP contribution in [0.25, 0.3) is 17.0 Å². The van der Waals surface area contributed by atoms with Gasteiger partial charge in [-0.2, -0.15) is 13.2 Å². The van der Waals surface area contributed by atoms with Crippen molar-refractivity contribution in [1.82, 2.24) is 19.1 Å². The minimum absolute atomic E-state index is 0.0209. The third-order valence-corrected chi connectivity index (χ3v) is 5.87. The molecule has 0 radical (unpaired) electrons. The Kier molecular flexibility index (Phi) is 8.35. The van der Waals surface area contributed by atoms with Crippen LogP contribution in [0.2, 0.25) is 5.02 Å². The molecule has 0 atom stereocenters. The van der Waals surface area contributed by atoms with Crippen molar-refractivity contribution in [1.29, 1.82) is 0 Å². The highest BCUT2D eigenvalue weighted by molar-refractivity contribution is 7.98. The number of halogens is 4. The molecule has 2 aromatic heterocycles. The summed E-state index contributed by atoms with van der Waals surface area (Å²) in [4.78, 5) is 23.5. The van der Waals surface area contributed by atoms with Gasteiger partial charge in [-0.1, -0.05) is 30.7 Å². The van der Waals surface area contributed by atoms with E-state index in [9.17, 15) is 22.8 Å². The van der Waals surface area contributed by atoms with Crippen LogP contribution in [0.3, 0.4) is 0 Å². The van der Waals surface area contributed by atoms with Crippen LogP contribution in [0, 0.1) is 0 Å². The number of nitrogens with zero attached hydrogens (tertiary/aromatic N) is 3. The molecule has 35 heavy (non-hydrogen) atoms. The van der Waals surface area contributed by atoms with E-state index in [4.69, 9.17) is 23.1 Å². The smallest absolute Gasteiger partial charge is 0.381 e. The molecule has 1 aromatic carbocycles. The van der Waals surface area contributed by atoms with Gasteiger partial charge < -0.3 is 21.4 Å². The maximum atomic E-state index is 12.5. The molecule has 1 aliphatic rings. The summed E-state index contributed by atoms with van der Waals surface area (Å²) in [6.07, 6.45) is 4.20. The second-order valence-electron chi connectivity index (χ2n) is 7.28. The van der Waals surface area contributed by atoms with Gasteiger partial charge in [0.15, 0.2) is 5.82 Å². The number of alkyl halides is 3. The lowest BCUT2D eigenvalue weighted by molar-refractivity contribution is -0.0335. The molecule has 0 fully saturated rings. The maximum absolute atomic E-state index is 12.5. The number of nitrogen functional groups attached to an aromatic ring is 1. The quantitative estimate of drug-likeness (QED) is 0.284. The Balaban J connectivity index is 0.000000223. The molecule has 0 saturated heterocycles. The van der Waals surface area contributed by atoms with Crippen molar-refractivity contribution in [2.24, 2.45) is 5.73 Å². The summed E-state index contributed by atoms with van der Waals surface area (Å²) >= 11 is 5.76. The molecule has 9 nitrogen and oxygen atoms in total. The number of carbonyl (C=O) groups excluding carboxylic acids is 1. The first-order valence-corrected chi connectivity index (χ1v) is 11.6. The number of nitrogens with two attached hydrogens (primary N) is 2. The third-order valence-electron chi connectivity index (χ3n) is 4.98. The molecule has 0 bridgehead atoms. The summed E-state index contributed by atoms with van der Waals surface area (Å²) in [6.45, 7) is 2.70. The summed E-state index contributed by atoms with van der Waals surface area (Å²) in [7, 11) is 0.